The summed E-state index contributed by atoms with van der Waals surface area (Å²) in [4.78, 5) is 0. The molecule has 0 aliphatic carbocycles. The number of likely N-dealkylation sites (N-methyl/N-ethyl adjacent to an activating group) is 1. The van der Waals surface area contributed by atoms with Gasteiger partial charge in [-0.25, -0.2) is 0 Å². The first-order valence-electron chi connectivity index (χ1n) is 5.24. The maximum Gasteiger partial charge on any atom is 0.0796 e. The van der Waals surface area contributed by atoms with E-state index in [-0.39, 0.29) is 0 Å². The van der Waals surface area contributed by atoms with Crippen molar-refractivity contribution in [3.05, 3.63) is 20.8 Å². The lowest BCUT2D eigenvalue weighted by Crippen LogP contribution is -2.32. The summed E-state index contributed by atoms with van der Waals surface area (Å²) in [6, 6.07) is 0.308. The van der Waals surface area contributed by atoms with Crippen molar-refractivity contribution in [2.24, 2.45) is 5.92 Å². The van der Waals surface area contributed by atoms with Crippen molar-refractivity contribution in [1.82, 2.24) is 5.32 Å². The number of hydrogen-bond acceptors (Lipinski definition) is 3. The molecule has 0 bridgehead atoms. The van der Waals surface area contributed by atoms with Gasteiger partial charge in [0.05, 0.1) is 12.1 Å². The van der Waals surface area contributed by atoms with Gasteiger partial charge in [0.15, 0.2) is 0 Å². The zero-order valence-corrected chi connectivity index (χ0v) is 11.4. The second-order valence-corrected chi connectivity index (χ2v) is 5.64. The fourth-order valence-corrected chi connectivity index (χ4v) is 3.73. The Labute approximate surface area is 103 Å². The second kappa shape index (κ2) is 4.95. The van der Waals surface area contributed by atoms with Crippen molar-refractivity contribution < 1.29 is 4.74 Å². The van der Waals surface area contributed by atoms with Crippen LogP contribution in [0.15, 0.2) is 15.2 Å². The van der Waals surface area contributed by atoms with E-state index in [1.165, 1.54) is 16.5 Å². The zero-order valence-electron chi connectivity index (χ0n) is 9.00. The van der Waals surface area contributed by atoms with Crippen LogP contribution in [0.4, 0.5) is 0 Å². The monoisotopic (exact) mass is 289 g/mol. The van der Waals surface area contributed by atoms with Crippen LogP contribution in [0.3, 0.4) is 0 Å². The SMILES string of the molecule is CNC(c1cscc1Br)C1OCCC1C. The standard InChI is InChI=1S/C11H16BrNOS/c1-7-3-4-14-11(7)10(13-2)8-5-15-6-9(8)12/h5-7,10-11,13H,3-4H2,1-2H3. The molecule has 2 heterocycles. The molecule has 1 saturated heterocycles. The highest BCUT2D eigenvalue weighted by Gasteiger charge is 2.33. The molecule has 1 N–H and O–H groups in total. The average molecular weight is 290 g/mol. The van der Waals surface area contributed by atoms with Gasteiger partial charge in [-0.1, -0.05) is 6.92 Å². The molecule has 0 saturated carbocycles. The summed E-state index contributed by atoms with van der Waals surface area (Å²) in [5.41, 5.74) is 1.32. The van der Waals surface area contributed by atoms with Gasteiger partial charge in [-0.15, -0.1) is 0 Å². The van der Waals surface area contributed by atoms with Crippen molar-refractivity contribution in [2.45, 2.75) is 25.5 Å². The van der Waals surface area contributed by atoms with E-state index in [1.54, 1.807) is 11.3 Å². The number of ether oxygens (including phenoxy) is 1. The van der Waals surface area contributed by atoms with Gasteiger partial charge >= 0.3 is 0 Å². The normalized spacial score (nSPS) is 28.2. The molecule has 3 atom stereocenters. The van der Waals surface area contributed by atoms with Gasteiger partial charge < -0.3 is 10.1 Å². The lowest BCUT2D eigenvalue weighted by Gasteiger charge is -2.25. The molecule has 3 unspecified atom stereocenters. The number of halogens is 1. The summed E-state index contributed by atoms with van der Waals surface area (Å²) in [6.07, 6.45) is 1.48. The fraction of sp³-hybridized carbons (Fsp3) is 0.636. The number of rotatable bonds is 3. The van der Waals surface area contributed by atoms with Gasteiger partial charge in [-0.2, -0.15) is 11.3 Å². The topological polar surface area (TPSA) is 21.3 Å². The first-order chi connectivity index (χ1) is 7.24. The molecule has 1 fully saturated rings. The number of hydrogen-bond donors (Lipinski definition) is 1. The summed E-state index contributed by atoms with van der Waals surface area (Å²) in [7, 11) is 2.00. The van der Waals surface area contributed by atoms with Crippen molar-refractivity contribution in [1.29, 1.82) is 0 Å². The summed E-state index contributed by atoms with van der Waals surface area (Å²) < 4.78 is 7.01. The summed E-state index contributed by atoms with van der Waals surface area (Å²) >= 11 is 5.32. The Hall–Kier alpha value is 0.1000. The lowest BCUT2D eigenvalue weighted by atomic mass is 9.94. The van der Waals surface area contributed by atoms with Gasteiger partial charge in [-0.05, 0) is 46.3 Å². The van der Waals surface area contributed by atoms with E-state index in [9.17, 15) is 0 Å². The summed E-state index contributed by atoms with van der Waals surface area (Å²) in [5, 5.41) is 7.69. The molecular formula is C11H16BrNOS. The van der Waals surface area contributed by atoms with Crippen molar-refractivity contribution in [2.75, 3.05) is 13.7 Å². The Morgan fingerprint density at radius 2 is 2.40 bits per heavy atom. The molecule has 0 aromatic carbocycles. The molecule has 4 heteroatoms. The number of nitrogens with one attached hydrogen (secondary N) is 1. The van der Waals surface area contributed by atoms with E-state index in [4.69, 9.17) is 4.74 Å². The number of thiophene rings is 1. The Morgan fingerprint density at radius 1 is 1.60 bits per heavy atom. The van der Waals surface area contributed by atoms with Gasteiger partial charge in [-0.3, -0.25) is 0 Å². The fourth-order valence-electron chi connectivity index (χ4n) is 2.15. The minimum absolute atomic E-state index is 0.306. The highest BCUT2D eigenvalue weighted by Crippen LogP contribution is 2.35. The molecule has 84 valence electrons. The summed E-state index contributed by atoms with van der Waals surface area (Å²) in [5.74, 6) is 0.634. The molecule has 0 radical (unpaired) electrons. The molecule has 1 aliphatic rings. The van der Waals surface area contributed by atoms with Crippen LogP contribution in [0.2, 0.25) is 0 Å². The van der Waals surface area contributed by atoms with Crippen LogP contribution in [0.1, 0.15) is 24.9 Å². The quantitative estimate of drug-likeness (QED) is 0.923. The van der Waals surface area contributed by atoms with Crippen LogP contribution >= 0.6 is 27.3 Å². The largest absolute Gasteiger partial charge is 0.376 e. The highest BCUT2D eigenvalue weighted by atomic mass is 79.9. The minimum atomic E-state index is 0.306. The van der Waals surface area contributed by atoms with Crippen LogP contribution in [0, 0.1) is 5.92 Å². The third kappa shape index (κ3) is 2.28. The maximum atomic E-state index is 5.82. The van der Waals surface area contributed by atoms with E-state index in [2.05, 4.69) is 38.9 Å². The highest BCUT2D eigenvalue weighted by molar-refractivity contribution is 9.10. The third-order valence-corrected chi connectivity index (χ3v) is 4.81. The van der Waals surface area contributed by atoms with Crippen molar-refractivity contribution in [3.63, 3.8) is 0 Å². The molecule has 2 nitrogen and oxygen atoms in total. The van der Waals surface area contributed by atoms with E-state index in [1.807, 2.05) is 7.05 Å². The van der Waals surface area contributed by atoms with E-state index in [0.29, 0.717) is 18.1 Å². The van der Waals surface area contributed by atoms with Gasteiger partial charge in [0.1, 0.15) is 0 Å². The van der Waals surface area contributed by atoms with Crippen LogP contribution in [0.5, 0.6) is 0 Å². The predicted molar refractivity (Wildman–Crippen MR) is 67.3 cm³/mol. The Bertz CT molecular complexity index is 328. The van der Waals surface area contributed by atoms with Gasteiger partial charge in [0.2, 0.25) is 0 Å². The molecule has 1 aromatic rings. The van der Waals surface area contributed by atoms with Crippen molar-refractivity contribution in [3.8, 4) is 0 Å². The first-order valence-corrected chi connectivity index (χ1v) is 6.98. The van der Waals surface area contributed by atoms with Gasteiger partial charge in [0.25, 0.3) is 0 Å². The van der Waals surface area contributed by atoms with Crippen LogP contribution in [-0.4, -0.2) is 19.8 Å². The second-order valence-electron chi connectivity index (χ2n) is 4.04. The minimum Gasteiger partial charge on any atom is -0.376 e. The first kappa shape index (κ1) is 11.6. The molecular weight excluding hydrogens is 274 g/mol. The van der Waals surface area contributed by atoms with E-state index in [0.717, 1.165) is 6.61 Å². The van der Waals surface area contributed by atoms with Crippen LogP contribution < -0.4 is 5.32 Å². The molecule has 15 heavy (non-hydrogen) atoms. The van der Waals surface area contributed by atoms with E-state index < -0.39 is 0 Å². The Morgan fingerprint density at radius 3 is 2.87 bits per heavy atom. The summed E-state index contributed by atoms with van der Waals surface area (Å²) in [6.45, 7) is 3.16. The predicted octanol–water partition coefficient (Wildman–Crippen LogP) is 3.20. The van der Waals surface area contributed by atoms with Crippen LogP contribution in [0.25, 0.3) is 0 Å². The van der Waals surface area contributed by atoms with Crippen LogP contribution in [-0.2, 0) is 4.74 Å². The Kier molecular flexibility index (Phi) is 3.83. The average Bonchev–Trinajstić information content (AvgIpc) is 2.80. The Balaban J connectivity index is 2.20. The molecule has 0 spiro atoms. The zero-order chi connectivity index (χ0) is 10.8. The van der Waals surface area contributed by atoms with Crippen molar-refractivity contribution >= 4 is 27.3 Å². The molecule has 0 amide bonds. The lowest BCUT2D eigenvalue weighted by molar-refractivity contribution is 0.0630. The molecule has 2 rings (SSSR count). The smallest absolute Gasteiger partial charge is 0.0796 e. The third-order valence-electron chi connectivity index (χ3n) is 3.06. The van der Waals surface area contributed by atoms with E-state index >= 15 is 0 Å². The van der Waals surface area contributed by atoms with Gasteiger partial charge in [0, 0.05) is 16.5 Å². The molecule has 1 aromatic heterocycles. The molecule has 1 aliphatic heterocycles. The maximum absolute atomic E-state index is 5.82.